The zero-order chi connectivity index (χ0) is 15.3. The molecule has 0 aliphatic heterocycles. The van der Waals surface area contributed by atoms with Gasteiger partial charge in [0.1, 0.15) is 0 Å². The van der Waals surface area contributed by atoms with Crippen LogP contribution in [0.5, 0.6) is 0 Å². The molecule has 1 aliphatic rings. The molecule has 1 aromatic carbocycles. The van der Waals surface area contributed by atoms with Gasteiger partial charge < -0.3 is 5.32 Å². The lowest BCUT2D eigenvalue weighted by molar-refractivity contribution is 0.300. The van der Waals surface area contributed by atoms with Crippen LogP contribution in [0.3, 0.4) is 0 Å². The van der Waals surface area contributed by atoms with Gasteiger partial charge in [0.05, 0.1) is 4.90 Å². The number of sulfonamides is 1. The number of hydrogen-bond donors (Lipinski definition) is 2. The second kappa shape index (κ2) is 7.27. The van der Waals surface area contributed by atoms with Crippen LogP contribution in [0.1, 0.15) is 39.5 Å². The summed E-state index contributed by atoms with van der Waals surface area (Å²) in [5.41, 5.74) is 0.990. The fourth-order valence-electron chi connectivity index (χ4n) is 2.82. The Morgan fingerprint density at radius 1 is 1.10 bits per heavy atom. The van der Waals surface area contributed by atoms with Crippen molar-refractivity contribution in [3.8, 4) is 0 Å². The van der Waals surface area contributed by atoms with E-state index >= 15 is 0 Å². The summed E-state index contributed by atoms with van der Waals surface area (Å²) in [6.07, 6.45) is 5.24. The fraction of sp³-hybridized carbons (Fsp3) is 0.625. The minimum Gasteiger partial charge on any atom is -0.385 e. The minimum absolute atomic E-state index is 0.321. The third-order valence-electron chi connectivity index (χ3n) is 4.23. The van der Waals surface area contributed by atoms with Crippen molar-refractivity contribution in [1.82, 2.24) is 4.72 Å². The summed E-state index contributed by atoms with van der Waals surface area (Å²) in [7, 11) is -3.35. The maximum atomic E-state index is 11.8. The van der Waals surface area contributed by atoms with Crippen molar-refractivity contribution in [2.75, 3.05) is 18.4 Å². The molecule has 1 fully saturated rings. The third kappa shape index (κ3) is 4.71. The number of benzene rings is 1. The van der Waals surface area contributed by atoms with Crippen molar-refractivity contribution in [2.45, 2.75) is 44.4 Å². The van der Waals surface area contributed by atoms with Gasteiger partial charge in [-0.05, 0) is 48.9 Å². The predicted octanol–water partition coefficient (Wildman–Crippen LogP) is 3.22. The number of rotatable bonds is 6. The van der Waals surface area contributed by atoms with Crippen LogP contribution >= 0.6 is 0 Å². The van der Waals surface area contributed by atoms with Crippen LogP contribution in [0.4, 0.5) is 5.69 Å². The lowest BCUT2D eigenvalue weighted by atomic mass is 9.83. The standard InChI is InChI=1S/C16H26N2O2S/c1-3-18-21(19,20)16-10-8-15(9-11-16)17-12-14-6-4-13(2)5-7-14/h8-11,13-14,17-18H,3-7,12H2,1-2H3. The van der Waals surface area contributed by atoms with E-state index in [9.17, 15) is 8.42 Å². The molecule has 0 saturated heterocycles. The van der Waals surface area contributed by atoms with Gasteiger partial charge >= 0.3 is 0 Å². The van der Waals surface area contributed by atoms with E-state index in [4.69, 9.17) is 0 Å². The van der Waals surface area contributed by atoms with Gasteiger partial charge in [0.25, 0.3) is 0 Å². The highest BCUT2D eigenvalue weighted by Crippen LogP contribution is 2.28. The Morgan fingerprint density at radius 2 is 1.71 bits per heavy atom. The van der Waals surface area contributed by atoms with E-state index in [2.05, 4.69) is 17.0 Å². The molecule has 0 heterocycles. The molecule has 1 saturated carbocycles. The second-order valence-electron chi connectivity index (χ2n) is 6.03. The summed E-state index contributed by atoms with van der Waals surface area (Å²) >= 11 is 0. The number of hydrogen-bond acceptors (Lipinski definition) is 3. The maximum Gasteiger partial charge on any atom is 0.240 e. The molecule has 21 heavy (non-hydrogen) atoms. The van der Waals surface area contributed by atoms with E-state index in [1.54, 1.807) is 19.1 Å². The van der Waals surface area contributed by atoms with Crippen LogP contribution in [0.15, 0.2) is 29.2 Å². The van der Waals surface area contributed by atoms with Crippen LogP contribution in [-0.4, -0.2) is 21.5 Å². The Hall–Kier alpha value is -1.07. The van der Waals surface area contributed by atoms with Crippen LogP contribution < -0.4 is 10.0 Å². The van der Waals surface area contributed by atoms with Crippen molar-refractivity contribution in [3.05, 3.63) is 24.3 Å². The van der Waals surface area contributed by atoms with Crippen molar-refractivity contribution < 1.29 is 8.42 Å². The van der Waals surface area contributed by atoms with Crippen molar-refractivity contribution in [3.63, 3.8) is 0 Å². The van der Waals surface area contributed by atoms with Gasteiger partial charge in [-0.25, -0.2) is 13.1 Å². The predicted molar refractivity (Wildman–Crippen MR) is 86.9 cm³/mol. The molecule has 4 nitrogen and oxygen atoms in total. The van der Waals surface area contributed by atoms with E-state index in [-0.39, 0.29) is 0 Å². The summed E-state index contributed by atoms with van der Waals surface area (Å²) in [6.45, 7) is 5.49. The smallest absolute Gasteiger partial charge is 0.240 e. The zero-order valence-electron chi connectivity index (χ0n) is 12.9. The molecule has 0 radical (unpaired) electrons. The van der Waals surface area contributed by atoms with Gasteiger partial charge in [-0.3, -0.25) is 0 Å². The molecular weight excluding hydrogens is 284 g/mol. The van der Waals surface area contributed by atoms with Crippen molar-refractivity contribution >= 4 is 15.7 Å². The topological polar surface area (TPSA) is 58.2 Å². The molecule has 0 spiro atoms. The van der Waals surface area contributed by atoms with E-state index in [1.165, 1.54) is 25.7 Å². The Kier molecular flexibility index (Phi) is 5.65. The Morgan fingerprint density at radius 3 is 2.29 bits per heavy atom. The Balaban J connectivity index is 1.88. The summed E-state index contributed by atoms with van der Waals surface area (Å²) < 4.78 is 26.2. The first-order valence-corrected chi connectivity index (χ1v) is 9.33. The first kappa shape index (κ1) is 16.3. The van der Waals surface area contributed by atoms with E-state index in [0.717, 1.165) is 24.1 Å². The number of nitrogens with one attached hydrogen (secondary N) is 2. The monoisotopic (exact) mass is 310 g/mol. The van der Waals surface area contributed by atoms with E-state index < -0.39 is 10.0 Å². The molecule has 2 rings (SSSR count). The van der Waals surface area contributed by atoms with Crippen molar-refractivity contribution in [1.29, 1.82) is 0 Å². The van der Waals surface area contributed by atoms with E-state index in [0.29, 0.717) is 11.4 Å². The molecule has 0 atom stereocenters. The van der Waals surface area contributed by atoms with Crippen molar-refractivity contribution in [2.24, 2.45) is 11.8 Å². The Labute approximate surface area is 128 Å². The maximum absolute atomic E-state index is 11.8. The molecule has 118 valence electrons. The SMILES string of the molecule is CCNS(=O)(=O)c1ccc(NCC2CCC(C)CC2)cc1. The third-order valence-corrected chi connectivity index (χ3v) is 5.79. The quantitative estimate of drug-likeness (QED) is 0.848. The summed E-state index contributed by atoms with van der Waals surface area (Å²) in [6, 6.07) is 7.00. The minimum atomic E-state index is -3.35. The zero-order valence-corrected chi connectivity index (χ0v) is 13.7. The molecule has 0 aromatic heterocycles. The molecular formula is C16H26N2O2S. The molecule has 0 unspecified atom stereocenters. The van der Waals surface area contributed by atoms with Crippen LogP contribution in [0.2, 0.25) is 0 Å². The average molecular weight is 310 g/mol. The van der Waals surface area contributed by atoms with Crippen LogP contribution in [0.25, 0.3) is 0 Å². The molecule has 0 amide bonds. The van der Waals surface area contributed by atoms with Crippen LogP contribution in [0, 0.1) is 11.8 Å². The second-order valence-corrected chi connectivity index (χ2v) is 7.80. The highest BCUT2D eigenvalue weighted by atomic mass is 32.2. The summed E-state index contributed by atoms with van der Waals surface area (Å²) in [4.78, 5) is 0.321. The van der Waals surface area contributed by atoms with Crippen LogP contribution in [-0.2, 0) is 10.0 Å². The first-order chi connectivity index (χ1) is 10.0. The summed E-state index contributed by atoms with van der Waals surface area (Å²) in [5, 5.41) is 3.42. The number of anilines is 1. The average Bonchev–Trinajstić information content (AvgIpc) is 2.47. The van der Waals surface area contributed by atoms with Gasteiger partial charge in [-0.15, -0.1) is 0 Å². The van der Waals surface area contributed by atoms with E-state index in [1.807, 2.05) is 12.1 Å². The van der Waals surface area contributed by atoms with Gasteiger partial charge in [-0.2, -0.15) is 0 Å². The molecule has 1 aromatic rings. The lowest BCUT2D eigenvalue weighted by Crippen LogP contribution is -2.23. The molecule has 1 aliphatic carbocycles. The van der Waals surface area contributed by atoms with Gasteiger partial charge in [0, 0.05) is 18.8 Å². The summed E-state index contributed by atoms with van der Waals surface area (Å²) in [5.74, 6) is 1.61. The highest BCUT2D eigenvalue weighted by Gasteiger charge is 2.18. The lowest BCUT2D eigenvalue weighted by Gasteiger charge is -2.26. The normalized spacial score (nSPS) is 23.0. The van der Waals surface area contributed by atoms with Gasteiger partial charge in [-0.1, -0.05) is 26.7 Å². The molecule has 2 N–H and O–H groups in total. The molecule has 0 bridgehead atoms. The first-order valence-electron chi connectivity index (χ1n) is 7.85. The largest absolute Gasteiger partial charge is 0.385 e. The van der Waals surface area contributed by atoms with Gasteiger partial charge in [0.15, 0.2) is 0 Å². The van der Waals surface area contributed by atoms with Gasteiger partial charge in [0.2, 0.25) is 10.0 Å². The Bertz CT molecular complexity index is 532. The highest BCUT2D eigenvalue weighted by molar-refractivity contribution is 7.89. The fourth-order valence-corrected chi connectivity index (χ4v) is 3.86. The molecule has 5 heteroatoms.